The Kier molecular flexibility index (Phi) is 1.95. The predicted molar refractivity (Wildman–Crippen MR) is 64.9 cm³/mol. The van der Waals surface area contributed by atoms with Gasteiger partial charge in [0.15, 0.2) is 0 Å². The summed E-state index contributed by atoms with van der Waals surface area (Å²) in [6, 6.07) is 8.46. The van der Waals surface area contributed by atoms with E-state index in [0.717, 1.165) is 12.8 Å². The summed E-state index contributed by atoms with van der Waals surface area (Å²) in [5.41, 5.74) is 1.23. The molecule has 0 fully saturated rings. The number of benzene rings is 1. The zero-order valence-electron chi connectivity index (χ0n) is 8.53. The molecule has 0 spiro atoms. The molecule has 0 saturated carbocycles. The number of hydrogen-bond donors (Lipinski definition) is 1. The van der Waals surface area contributed by atoms with E-state index >= 15 is 0 Å². The van der Waals surface area contributed by atoms with E-state index in [1.54, 1.807) is 0 Å². The third-order valence-electron chi connectivity index (χ3n) is 2.86. The highest BCUT2D eigenvalue weighted by Gasteiger charge is 1.98. The number of rotatable bonds is 0. The molecule has 2 aromatic rings. The van der Waals surface area contributed by atoms with E-state index in [2.05, 4.69) is 53.6 Å². The van der Waals surface area contributed by atoms with Crippen molar-refractivity contribution in [2.45, 2.75) is 12.8 Å². The van der Waals surface area contributed by atoms with Gasteiger partial charge in [0.25, 0.3) is 0 Å². The maximum absolute atomic E-state index is 3.46. The molecule has 0 saturated heterocycles. The standard InChI is InChI=1S/C14H13N/c1-2-4-9-13-11(7-3-1)12-8-5-6-10-14(12)15-13/h1,3,5-10,15H,2,4H2/b3-1-,11-7-,13-9-. The molecule has 1 nitrogen and oxygen atoms in total. The molecule has 0 amide bonds. The van der Waals surface area contributed by atoms with Crippen LogP contribution in [0.4, 0.5) is 0 Å². The molecule has 1 aromatic heterocycles. The highest BCUT2D eigenvalue weighted by Crippen LogP contribution is 2.05. The lowest BCUT2D eigenvalue weighted by atomic mass is 10.1. The van der Waals surface area contributed by atoms with Crippen LogP contribution in [-0.2, 0) is 0 Å². The van der Waals surface area contributed by atoms with Crippen molar-refractivity contribution in [2.24, 2.45) is 0 Å². The molecule has 1 aliphatic carbocycles. The van der Waals surface area contributed by atoms with Gasteiger partial charge in [-0.3, -0.25) is 0 Å². The Morgan fingerprint density at radius 3 is 3.00 bits per heavy atom. The molecule has 1 N–H and O–H groups in total. The van der Waals surface area contributed by atoms with E-state index in [-0.39, 0.29) is 0 Å². The van der Waals surface area contributed by atoms with Crippen molar-refractivity contribution in [1.82, 2.24) is 4.98 Å². The number of H-pyrrole nitrogens is 1. The van der Waals surface area contributed by atoms with Crippen LogP contribution in [0.1, 0.15) is 12.8 Å². The zero-order valence-corrected chi connectivity index (χ0v) is 8.53. The van der Waals surface area contributed by atoms with Gasteiger partial charge in [-0.1, -0.05) is 42.5 Å². The van der Waals surface area contributed by atoms with Crippen molar-refractivity contribution in [1.29, 1.82) is 0 Å². The van der Waals surface area contributed by atoms with Gasteiger partial charge >= 0.3 is 0 Å². The van der Waals surface area contributed by atoms with Gasteiger partial charge in [0.05, 0.1) is 0 Å². The topological polar surface area (TPSA) is 15.8 Å². The molecule has 1 aromatic carbocycles. The van der Waals surface area contributed by atoms with Crippen LogP contribution in [0.25, 0.3) is 23.1 Å². The number of allylic oxidation sites excluding steroid dienone is 2. The summed E-state index contributed by atoms with van der Waals surface area (Å²) in [5.74, 6) is 0. The van der Waals surface area contributed by atoms with E-state index in [9.17, 15) is 0 Å². The Morgan fingerprint density at radius 1 is 1.07 bits per heavy atom. The second-order valence-electron chi connectivity index (χ2n) is 3.87. The lowest BCUT2D eigenvalue weighted by Gasteiger charge is -1.89. The maximum Gasteiger partial charge on any atom is 0.0464 e. The average molecular weight is 195 g/mol. The molecule has 0 radical (unpaired) electrons. The normalized spacial score (nSPS) is 21.6. The van der Waals surface area contributed by atoms with Gasteiger partial charge in [-0.05, 0) is 18.9 Å². The molecule has 3 rings (SSSR count). The van der Waals surface area contributed by atoms with E-state index in [1.807, 2.05) is 0 Å². The molecule has 1 heteroatoms. The van der Waals surface area contributed by atoms with Gasteiger partial charge < -0.3 is 4.98 Å². The Bertz CT molecular complexity index is 629. The zero-order chi connectivity index (χ0) is 10.1. The molecule has 0 aliphatic heterocycles. The number of aromatic nitrogens is 1. The highest BCUT2D eigenvalue weighted by atomic mass is 14.7. The number of nitrogens with one attached hydrogen (secondary N) is 1. The van der Waals surface area contributed by atoms with Crippen LogP contribution in [0.5, 0.6) is 0 Å². The van der Waals surface area contributed by atoms with Crippen LogP contribution in [0.3, 0.4) is 0 Å². The van der Waals surface area contributed by atoms with Gasteiger partial charge in [-0.25, -0.2) is 0 Å². The molecule has 1 heterocycles. The fourth-order valence-electron chi connectivity index (χ4n) is 2.11. The lowest BCUT2D eigenvalue weighted by Crippen LogP contribution is -2.22. The monoisotopic (exact) mass is 195 g/mol. The molecule has 1 aliphatic rings. The van der Waals surface area contributed by atoms with Gasteiger partial charge in [0.2, 0.25) is 0 Å². The minimum Gasteiger partial charge on any atom is -0.355 e. The quantitative estimate of drug-likeness (QED) is 0.662. The molecule has 74 valence electrons. The first-order valence-corrected chi connectivity index (χ1v) is 5.39. The number of para-hydroxylation sites is 1. The first-order valence-electron chi connectivity index (χ1n) is 5.39. The first-order chi connectivity index (χ1) is 7.45. The van der Waals surface area contributed by atoms with Crippen molar-refractivity contribution in [3.8, 4) is 0 Å². The highest BCUT2D eigenvalue weighted by molar-refractivity contribution is 5.81. The van der Waals surface area contributed by atoms with Crippen molar-refractivity contribution in [2.75, 3.05) is 0 Å². The fourth-order valence-corrected chi connectivity index (χ4v) is 2.11. The minimum absolute atomic E-state index is 1.12. The van der Waals surface area contributed by atoms with Gasteiger partial charge in [-0.2, -0.15) is 0 Å². The first kappa shape index (κ1) is 8.54. The maximum atomic E-state index is 3.46. The van der Waals surface area contributed by atoms with Gasteiger partial charge in [0.1, 0.15) is 0 Å². The van der Waals surface area contributed by atoms with E-state index < -0.39 is 0 Å². The van der Waals surface area contributed by atoms with Crippen LogP contribution in [0, 0.1) is 0 Å². The molecule has 0 unspecified atom stereocenters. The second-order valence-corrected chi connectivity index (χ2v) is 3.87. The van der Waals surface area contributed by atoms with Crippen LogP contribution in [0.15, 0.2) is 36.4 Å². The van der Waals surface area contributed by atoms with Crippen molar-refractivity contribution < 1.29 is 0 Å². The Hall–Kier alpha value is -1.76. The number of hydrogen-bond acceptors (Lipinski definition) is 0. The van der Waals surface area contributed by atoms with Crippen molar-refractivity contribution in [3.05, 3.63) is 47.0 Å². The third-order valence-corrected chi connectivity index (χ3v) is 2.86. The number of fused-ring (bicyclic) bond motifs is 3. The Labute approximate surface area is 88.4 Å². The fraction of sp³-hybridized carbons (Fsp3) is 0.143. The van der Waals surface area contributed by atoms with Crippen LogP contribution in [0.2, 0.25) is 0 Å². The third kappa shape index (κ3) is 1.40. The summed E-state index contributed by atoms with van der Waals surface area (Å²) < 4.78 is 0. The second kappa shape index (κ2) is 3.43. The van der Waals surface area contributed by atoms with Gasteiger partial charge in [0, 0.05) is 21.5 Å². The number of aromatic amines is 1. The Balaban J connectivity index is 2.50. The van der Waals surface area contributed by atoms with E-state index in [1.165, 1.54) is 21.5 Å². The van der Waals surface area contributed by atoms with Crippen molar-refractivity contribution >= 4 is 23.1 Å². The SMILES string of the molecule is C1=C\CC\C=c2/[nH]c3ccccc3/c2=C/1. The van der Waals surface area contributed by atoms with Gasteiger partial charge in [-0.15, -0.1) is 0 Å². The largest absolute Gasteiger partial charge is 0.355 e. The molecule has 0 atom stereocenters. The molecule has 0 bridgehead atoms. The van der Waals surface area contributed by atoms with Crippen molar-refractivity contribution in [3.63, 3.8) is 0 Å². The summed E-state index contributed by atoms with van der Waals surface area (Å²) >= 11 is 0. The minimum atomic E-state index is 1.12. The molecular formula is C14H13N. The molecule has 15 heavy (non-hydrogen) atoms. The van der Waals surface area contributed by atoms with E-state index in [4.69, 9.17) is 0 Å². The summed E-state index contributed by atoms with van der Waals surface area (Å²) in [6.45, 7) is 0. The summed E-state index contributed by atoms with van der Waals surface area (Å²) in [4.78, 5) is 3.46. The summed E-state index contributed by atoms with van der Waals surface area (Å²) in [5, 5.41) is 3.90. The molecular weight excluding hydrogens is 182 g/mol. The van der Waals surface area contributed by atoms with Crippen LogP contribution in [-0.4, -0.2) is 4.98 Å². The van der Waals surface area contributed by atoms with Crippen LogP contribution >= 0.6 is 0 Å². The predicted octanol–water partition coefficient (Wildman–Crippen LogP) is 2.08. The Morgan fingerprint density at radius 2 is 2.00 bits per heavy atom. The smallest absolute Gasteiger partial charge is 0.0464 e. The summed E-state index contributed by atoms with van der Waals surface area (Å²) in [6.07, 6.45) is 11.1. The van der Waals surface area contributed by atoms with Crippen LogP contribution < -0.4 is 10.6 Å². The average Bonchev–Trinajstić information content (AvgIpc) is 2.55. The van der Waals surface area contributed by atoms with E-state index in [0.29, 0.717) is 0 Å². The summed E-state index contributed by atoms with van der Waals surface area (Å²) in [7, 11) is 0. The lowest BCUT2D eigenvalue weighted by molar-refractivity contribution is 1.08.